The first kappa shape index (κ1) is 32.7. The minimum absolute atomic E-state index is 0. The number of halogens is 2. The summed E-state index contributed by atoms with van der Waals surface area (Å²) in [5.41, 5.74) is 11.0. The maximum atomic E-state index is 3.30. The number of rotatable bonds is 0. The third-order valence-electron chi connectivity index (χ3n) is 5.23. The van der Waals surface area contributed by atoms with E-state index in [0.29, 0.717) is 0 Å². The molecule has 4 aromatic rings. The Morgan fingerprint density at radius 3 is 1.25 bits per heavy atom. The van der Waals surface area contributed by atoms with Crippen molar-refractivity contribution in [1.29, 1.82) is 0 Å². The Morgan fingerprint density at radius 1 is 0.500 bits per heavy atom. The van der Waals surface area contributed by atoms with Crippen LogP contribution in [0.3, 0.4) is 0 Å². The van der Waals surface area contributed by atoms with Crippen LogP contribution in [0, 0.1) is 27.0 Å². The minimum Gasteiger partial charge on any atom is -0.358 e. The quantitative estimate of drug-likeness (QED) is 0.128. The van der Waals surface area contributed by atoms with Gasteiger partial charge in [0.1, 0.15) is 0 Å². The Hall–Kier alpha value is -1.45. The van der Waals surface area contributed by atoms with Crippen LogP contribution in [-0.2, 0) is 38.7 Å². The van der Waals surface area contributed by atoms with Crippen molar-refractivity contribution in [2.24, 2.45) is 0 Å². The Balaban J connectivity index is 0. The molecule has 0 spiro atoms. The van der Waals surface area contributed by atoms with Gasteiger partial charge in [-0.05, 0) is 23.8 Å². The number of fused-ring (bicyclic) bond motifs is 6. The van der Waals surface area contributed by atoms with E-state index >= 15 is 0 Å². The van der Waals surface area contributed by atoms with Crippen molar-refractivity contribution in [2.75, 3.05) is 0 Å². The molecule has 0 N–H and O–H groups in total. The van der Waals surface area contributed by atoms with Gasteiger partial charge in [0.05, 0.1) is 0 Å². The van der Waals surface area contributed by atoms with Gasteiger partial charge >= 0.3 is 25.8 Å². The van der Waals surface area contributed by atoms with Crippen molar-refractivity contribution in [1.82, 2.24) is 0 Å². The van der Waals surface area contributed by atoms with Crippen LogP contribution in [0.1, 0.15) is 22.3 Å². The van der Waals surface area contributed by atoms with Crippen LogP contribution in [0.15, 0.2) is 84.9 Å². The molecule has 0 aromatic heterocycles. The zero-order chi connectivity index (χ0) is 17.3. The van der Waals surface area contributed by atoms with Gasteiger partial charge < -0.3 is 14.9 Å². The predicted octanol–water partition coefficient (Wildman–Crippen LogP) is 6.67. The molecule has 0 nitrogen and oxygen atoms in total. The molecule has 4 heteroatoms. The molecular weight excluding hydrogens is 614 g/mol. The summed E-state index contributed by atoms with van der Waals surface area (Å²) >= 11 is 0. The first-order chi connectivity index (χ1) is 12.9. The van der Waals surface area contributed by atoms with E-state index in [4.69, 9.17) is 0 Å². The fraction of sp³-hybridized carbons (Fsp3) is 0.0714. The van der Waals surface area contributed by atoms with E-state index in [1.807, 2.05) is 12.1 Å². The standard InChI is InChI=1S/2C13H9.2CH3.2ClH.Hf.H3Si/c2*1-3-7-12-10(5-1)9-11-6-2-4-8-13(11)12;;;;;;/h2*1-5,7-8H,9H2;2*1H3;2*1H;;1H3/q4*-1;;;+4;. The topological polar surface area (TPSA) is 0 Å². The van der Waals surface area contributed by atoms with E-state index in [-0.39, 0.29) is 76.5 Å². The molecular formula is C28H29Cl2HfSi. The van der Waals surface area contributed by atoms with Gasteiger partial charge in [-0.3, -0.25) is 0 Å². The average molecular weight is 643 g/mol. The maximum Gasteiger partial charge on any atom is 4.00 e. The third-order valence-corrected chi connectivity index (χ3v) is 5.23. The summed E-state index contributed by atoms with van der Waals surface area (Å²) in [5.74, 6) is 0. The molecule has 0 aliphatic heterocycles. The van der Waals surface area contributed by atoms with Gasteiger partial charge in [-0.15, -0.1) is 35.9 Å². The smallest absolute Gasteiger partial charge is 0.358 e. The maximum absolute atomic E-state index is 3.30. The van der Waals surface area contributed by atoms with Crippen molar-refractivity contribution >= 4 is 35.8 Å². The fourth-order valence-electron chi connectivity index (χ4n) is 4.00. The second kappa shape index (κ2) is 14.6. The summed E-state index contributed by atoms with van der Waals surface area (Å²) in [6.45, 7) is 0. The summed E-state index contributed by atoms with van der Waals surface area (Å²) < 4.78 is 0. The largest absolute Gasteiger partial charge is 4.00 e. The Labute approximate surface area is 229 Å². The first-order valence-corrected chi connectivity index (χ1v) is 9.06. The zero-order valence-electron chi connectivity index (χ0n) is 18.8. The molecule has 2 aliphatic carbocycles. The van der Waals surface area contributed by atoms with Gasteiger partial charge in [-0.1, -0.05) is 70.8 Å². The van der Waals surface area contributed by atoms with Crippen molar-refractivity contribution in [3.05, 3.63) is 134 Å². The molecule has 0 heterocycles. The second-order valence-corrected chi connectivity index (χ2v) is 6.79. The van der Waals surface area contributed by atoms with Crippen molar-refractivity contribution in [2.45, 2.75) is 12.8 Å². The van der Waals surface area contributed by atoms with Crippen molar-refractivity contribution in [3.63, 3.8) is 0 Å². The molecule has 0 fully saturated rings. The van der Waals surface area contributed by atoms with Gasteiger partial charge in [0.15, 0.2) is 0 Å². The van der Waals surface area contributed by atoms with Crippen LogP contribution in [0.2, 0.25) is 0 Å². The molecule has 163 valence electrons. The molecule has 0 atom stereocenters. The van der Waals surface area contributed by atoms with Crippen LogP contribution < -0.4 is 0 Å². The Morgan fingerprint density at radius 2 is 0.844 bits per heavy atom. The summed E-state index contributed by atoms with van der Waals surface area (Å²) in [6, 6.07) is 36.2. The van der Waals surface area contributed by atoms with E-state index in [9.17, 15) is 0 Å². The van der Waals surface area contributed by atoms with E-state index < -0.39 is 0 Å². The normalized spacial score (nSPS) is 10.0. The number of benzene rings is 4. The van der Waals surface area contributed by atoms with E-state index in [1.54, 1.807) is 0 Å². The monoisotopic (exact) mass is 643 g/mol. The molecule has 1 radical (unpaired) electrons. The van der Waals surface area contributed by atoms with Gasteiger partial charge in [-0.25, -0.2) is 0 Å². The number of hydrogen-bond acceptors (Lipinski definition) is 0. The van der Waals surface area contributed by atoms with Crippen LogP contribution >= 0.6 is 24.8 Å². The summed E-state index contributed by atoms with van der Waals surface area (Å²) in [7, 11) is 0. The molecule has 32 heavy (non-hydrogen) atoms. The van der Waals surface area contributed by atoms with Crippen LogP contribution in [0.5, 0.6) is 0 Å². The SMILES string of the molecule is Cl.Cl.[CH3-].[CH3-].[Hf+4].[SiH3].[c-]1cccc2c1Cc1ccccc1-2.[c-]1cccc2c1Cc1ccccc1-2. The summed E-state index contributed by atoms with van der Waals surface area (Å²) in [4.78, 5) is 0. The first-order valence-electron chi connectivity index (χ1n) is 9.06. The van der Waals surface area contributed by atoms with Crippen LogP contribution in [0.25, 0.3) is 22.3 Å². The van der Waals surface area contributed by atoms with Gasteiger partial charge in [-0.2, -0.15) is 59.7 Å². The summed E-state index contributed by atoms with van der Waals surface area (Å²) in [6.07, 6.45) is 2.10. The van der Waals surface area contributed by atoms with Gasteiger partial charge in [0.25, 0.3) is 0 Å². The molecule has 0 saturated heterocycles. The van der Waals surface area contributed by atoms with E-state index in [1.165, 1.54) is 44.5 Å². The van der Waals surface area contributed by atoms with E-state index in [0.717, 1.165) is 12.8 Å². The molecule has 0 amide bonds. The third kappa shape index (κ3) is 6.32. The van der Waals surface area contributed by atoms with Gasteiger partial charge in [0, 0.05) is 0 Å². The average Bonchev–Trinajstić information content (AvgIpc) is 3.27. The molecule has 0 unspecified atom stereocenters. The molecule has 6 rings (SSSR count). The fourth-order valence-corrected chi connectivity index (χ4v) is 4.00. The molecule has 0 saturated carbocycles. The molecule has 0 bridgehead atoms. The van der Waals surface area contributed by atoms with Crippen LogP contribution in [-0.4, -0.2) is 11.0 Å². The van der Waals surface area contributed by atoms with Gasteiger partial charge in [0.2, 0.25) is 0 Å². The van der Waals surface area contributed by atoms with Crippen molar-refractivity contribution < 1.29 is 25.8 Å². The zero-order valence-corrected chi connectivity index (χ0v) is 26.0. The second-order valence-electron chi connectivity index (χ2n) is 6.79. The van der Waals surface area contributed by atoms with E-state index in [2.05, 4.69) is 84.9 Å². The molecule has 4 aromatic carbocycles. The summed E-state index contributed by atoms with van der Waals surface area (Å²) in [5, 5.41) is 0. The Kier molecular flexibility index (Phi) is 15.0. The Bertz CT molecular complexity index is 936. The van der Waals surface area contributed by atoms with Crippen LogP contribution in [0.4, 0.5) is 0 Å². The van der Waals surface area contributed by atoms with Crippen molar-refractivity contribution in [3.8, 4) is 22.3 Å². The minimum atomic E-state index is 0. The molecule has 2 aliphatic rings. The predicted molar refractivity (Wildman–Crippen MR) is 144 cm³/mol. The number of hydrogen-bond donors (Lipinski definition) is 0.